The lowest BCUT2D eigenvalue weighted by Gasteiger charge is -2.24. The van der Waals surface area contributed by atoms with E-state index in [0.717, 1.165) is 17.5 Å². The Morgan fingerprint density at radius 1 is 0.822 bits per heavy atom. The van der Waals surface area contributed by atoms with Crippen LogP contribution in [0.15, 0.2) is 72.8 Å². The minimum absolute atomic E-state index is 0.0561. The van der Waals surface area contributed by atoms with E-state index in [1.165, 1.54) is 33.5 Å². The second-order valence-electron chi connectivity index (χ2n) is 10.9. The number of Topliss-reactive ketones (excluding diaryl/α,β-unsaturated/α-hetero) is 1. The quantitative estimate of drug-likeness (QED) is 0.146. The number of rotatable bonds is 15. The fourth-order valence-corrected chi connectivity index (χ4v) is 5.54. The first-order valence-electron chi connectivity index (χ1n) is 15.0. The number of ether oxygens (including phenoxy) is 4. The van der Waals surface area contributed by atoms with Crippen molar-refractivity contribution in [1.29, 1.82) is 0 Å². The Hall–Kier alpha value is -4.86. The van der Waals surface area contributed by atoms with Gasteiger partial charge in [0.15, 0.2) is 11.5 Å². The molecule has 0 aliphatic heterocycles. The minimum atomic E-state index is -0.859. The maximum absolute atomic E-state index is 13.5. The van der Waals surface area contributed by atoms with Crippen molar-refractivity contribution in [3.63, 3.8) is 0 Å². The molecule has 0 spiro atoms. The summed E-state index contributed by atoms with van der Waals surface area (Å²) in [6.45, 7) is 0.0931. The molecule has 2 amide bonds. The Balaban J connectivity index is 1.41. The summed E-state index contributed by atoms with van der Waals surface area (Å²) in [4.78, 5) is 52.9. The predicted octanol–water partition coefficient (Wildman–Crippen LogP) is 4.43. The highest BCUT2D eigenvalue weighted by atomic mass is 16.5. The van der Waals surface area contributed by atoms with Gasteiger partial charge in [-0.05, 0) is 55.4 Å². The molecule has 3 unspecified atom stereocenters. The van der Waals surface area contributed by atoms with Gasteiger partial charge in [0.2, 0.25) is 17.4 Å². The first-order valence-corrected chi connectivity index (χ1v) is 15.0. The molecule has 1 saturated carbocycles. The van der Waals surface area contributed by atoms with Gasteiger partial charge >= 0.3 is 5.97 Å². The summed E-state index contributed by atoms with van der Waals surface area (Å²) < 4.78 is 21.5. The molecule has 10 nitrogen and oxygen atoms in total. The van der Waals surface area contributed by atoms with Crippen molar-refractivity contribution in [3.8, 4) is 17.2 Å². The lowest BCUT2D eigenvalue weighted by Crippen LogP contribution is -2.50. The van der Waals surface area contributed by atoms with E-state index in [9.17, 15) is 19.2 Å². The third kappa shape index (κ3) is 8.84. The lowest BCUT2D eigenvalue weighted by atomic mass is 9.99. The molecule has 0 aromatic heterocycles. The Morgan fingerprint density at radius 2 is 1.44 bits per heavy atom. The maximum Gasteiger partial charge on any atom is 0.328 e. The molecule has 4 rings (SSSR count). The fraction of sp³-hybridized carbons (Fsp3) is 0.371. The number of aryl methyl sites for hydroxylation is 1. The summed E-state index contributed by atoms with van der Waals surface area (Å²) in [7, 11) is 4.27. The molecular formula is C35H40N2O8. The average molecular weight is 617 g/mol. The number of carbonyl (C=O) groups excluding carboxylic acids is 4. The van der Waals surface area contributed by atoms with E-state index in [4.69, 9.17) is 18.9 Å². The minimum Gasteiger partial charge on any atom is -0.493 e. The molecular weight excluding hydrogens is 576 g/mol. The SMILES string of the molecule is COc1cc(C(=O)C(=O)NC2CCCC2C(=O)NC(CCCc2ccccc2)C(=O)OCc2ccccc2)cc(OC)c1OC. The molecule has 238 valence electrons. The topological polar surface area (TPSA) is 129 Å². The molecule has 3 atom stereocenters. The maximum atomic E-state index is 13.5. The van der Waals surface area contributed by atoms with E-state index in [1.807, 2.05) is 60.7 Å². The van der Waals surface area contributed by atoms with Gasteiger partial charge in [-0.25, -0.2) is 4.79 Å². The van der Waals surface area contributed by atoms with Crippen LogP contribution in [0.1, 0.15) is 53.6 Å². The van der Waals surface area contributed by atoms with E-state index in [2.05, 4.69) is 10.6 Å². The number of hydrogen-bond donors (Lipinski definition) is 2. The smallest absolute Gasteiger partial charge is 0.328 e. The van der Waals surface area contributed by atoms with E-state index in [-0.39, 0.29) is 29.6 Å². The van der Waals surface area contributed by atoms with Gasteiger partial charge in [0.1, 0.15) is 12.6 Å². The fourth-order valence-electron chi connectivity index (χ4n) is 5.54. The zero-order valence-electron chi connectivity index (χ0n) is 25.9. The van der Waals surface area contributed by atoms with Crippen LogP contribution in [0.4, 0.5) is 0 Å². The second-order valence-corrected chi connectivity index (χ2v) is 10.9. The molecule has 1 fully saturated rings. The van der Waals surface area contributed by atoms with E-state index in [1.54, 1.807) is 0 Å². The first kappa shape index (κ1) is 33.0. The molecule has 0 bridgehead atoms. The third-order valence-corrected chi connectivity index (χ3v) is 7.93. The Bertz CT molecular complexity index is 1440. The van der Waals surface area contributed by atoms with Crippen LogP contribution in [-0.4, -0.2) is 57.0 Å². The molecule has 0 saturated heterocycles. The molecule has 3 aromatic carbocycles. The number of nitrogens with one attached hydrogen (secondary N) is 2. The second kappa shape index (κ2) is 16.3. The number of esters is 1. The van der Waals surface area contributed by atoms with Crippen LogP contribution in [0.5, 0.6) is 17.2 Å². The number of methoxy groups -OCH3 is 3. The normalized spacial score (nSPS) is 16.2. The van der Waals surface area contributed by atoms with Crippen molar-refractivity contribution in [2.45, 2.75) is 57.2 Å². The van der Waals surface area contributed by atoms with Crippen LogP contribution in [0.3, 0.4) is 0 Å². The molecule has 0 heterocycles. The summed E-state index contributed by atoms with van der Waals surface area (Å²) in [5.74, 6) is -2.37. The van der Waals surface area contributed by atoms with Gasteiger partial charge in [0.05, 0.1) is 27.2 Å². The summed E-state index contributed by atoms with van der Waals surface area (Å²) in [5.41, 5.74) is 2.03. The van der Waals surface area contributed by atoms with Crippen LogP contribution in [-0.2, 0) is 32.1 Å². The van der Waals surface area contributed by atoms with Gasteiger partial charge in [0, 0.05) is 11.6 Å². The summed E-state index contributed by atoms with van der Waals surface area (Å²) in [6.07, 6.45) is 3.48. The van der Waals surface area contributed by atoms with Gasteiger partial charge in [0.25, 0.3) is 5.91 Å². The molecule has 45 heavy (non-hydrogen) atoms. The first-order chi connectivity index (χ1) is 21.8. The van der Waals surface area contributed by atoms with Crippen LogP contribution in [0, 0.1) is 5.92 Å². The van der Waals surface area contributed by atoms with Crippen molar-refractivity contribution in [2.75, 3.05) is 21.3 Å². The molecule has 0 radical (unpaired) electrons. The standard InChI is InChI=1S/C35H40N2O8/c1-42-29-20-25(21-30(43-2)32(29)44-3)31(38)34(40)36-27-18-11-17-26(27)33(39)37-28(19-10-16-23-12-6-4-7-13-23)35(41)45-22-24-14-8-5-9-15-24/h4-9,12-15,20-21,26-28H,10-11,16-19,22H2,1-3H3,(H,36,40)(H,37,39). The van der Waals surface area contributed by atoms with Crippen LogP contribution < -0.4 is 24.8 Å². The van der Waals surface area contributed by atoms with E-state index >= 15 is 0 Å². The Kier molecular flexibility index (Phi) is 12.0. The van der Waals surface area contributed by atoms with Crippen molar-refractivity contribution in [3.05, 3.63) is 89.5 Å². The van der Waals surface area contributed by atoms with Crippen LogP contribution in [0.2, 0.25) is 0 Å². The highest BCUT2D eigenvalue weighted by Gasteiger charge is 2.37. The third-order valence-electron chi connectivity index (χ3n) is 7.93. The molecule has 3 aromatic rings. The summed E-state index contributed by atoms with van der Waals surface area (Å²) in [5, 5.41) is 5.64. The highest BCUT2D eigenvalue weighted by Crippen LogP contribution is 2.38. The Labute approximate surface area is 263 Å². The number of amides is 2. The lowest BCUT2D eigenvalue weighted by molar-refractivity contribution is -0.150. The van der Waals surface area contributed by atoms with Crippen molar-refractivity contribution >= 4 is 23.6 Å². The molecule has 1 aliphatic carbocycles. The number of ketones is 1. The predicted molar refractivity (Wildman–Crippen MR) is 167 cm³/mol. The van der Waals surface area contributed by atoms with Gasteiger partial charge in [-0.15, -0.1) is 0 Å². The van der Waals surface area contributed by atoms with Gasteiger partial charge in [-0.3, -0.25) is 14.4 Å². The Morgan fingerprint density at radius 3 is 2.04 bits per heavy atom. The zero-order valence-corrected chi connectivity index (χ0v) is 25.9. The molecule has 10 heteroatoms. The van der Waals surface area contributed by atoms with E-state index in [0.29, 0.717) is 37.9 Å². The van der Waals surface area contributed by atoms with Gasteiger partial charge < -0.3 is 29.6 Å². The van der Waals surface area contributed by atoms with E-state index < -0.39 is 35.7 Å². The van der Waals surface area contributed by atoms with Crippen molar-refractivity contribution in [1.82, 2.24) is 10.6 Å². The van der Waals surface area contributed by atoms with Gasteiger partial charge in [-0.2, -0.15) is 0 Å². The number of benzene rings is 3. The monoisotopic (exact) mass is 616 g/mol. The molecule has 2 N–H and O–H groups in total. The number of carbonyl (C=O) groups is 4. The average Bonchev–Trinajstić information content (AvgIpc) is 3.54. The largest absolute Gasteiger partial charge is 0.493 e. The molecule has 1 aliphatic rings. The number of hydrogen-bond acceptors (Lipinski definition) is 8. The van der Waals surface area contributed by atoms with Gasteiger partial charge in [-0.1, -0.05) is 67.1 Å². The van der Waals surface area contributed by atoms with Crippen LogP contribution in [0.25, 0.3) is 0 Å². The van der Waals surface area contributed by atoms with Crippen molar-refractivity contribution in [2.24, 2.45) is 5.92 Å². The zero-order chi connectivity index (χ0) is 32.2. The summed E-state index contributed by atoms with van der Waals surface area (Å²) >= 11 is 0. The van der Waals surface area contributed by atoms with Crippen molar-refractivity contribution < 1.29 is 38.1 Å². The highest BCUT2D eigenvalue weighted by molar-refractivity contribution is 6.43. The van der Waals surface area contributed by atoms with Crippen LogP contribution >= 0.6 is 0 Å². The summed E-state index contributed by atoms with van der Waals surface area (Å²) in [6, 6.07) is 20.6.